The lowest BCUT2D eigenvalue weighted by Gasteiger charge is -2.37. The number of nitrogens with zero attached hydrogens (tertiary/aromatic N) is 2. The Bertz CT molecular complexity index is 1410. The Morgan fingerprint density at radius 3 is 2.16 bits per heavy atom. The standard InChI is InChI=1S/C36H54N4O8S/c1-11-22(4)30(39-35(46)48-36(7,8)9)33(43)40(10)28(21(2)3)19-29(47-24(6)41)32-38-27(20-49-32)31(42)37-26(17-23(5)34(44)45)18-25-15-13-12-14-16-25/h12-16,20-23,26,28-30H,11,17-19H2,1-10H3,(H,37,42)(H,39,46)(H,44,45). The first-order chi connectivity index (χ1) is 22.8. The molecule has 0 aliphatic rings. The summed E-state index contributed by atoms with van der Waals surface area (Å²) < 4.78 is 11.1. The van der Waals surface area contributed by atoms with Crippen molar-refractivity contribution in [2.75, 3.05) is 7.05 Å². The number of rotatable bonds is 17. The smallest absolute Gasteiger partial charge is 0.408 e. The number of hydrogen-bond acceptors (Lipinski definition) is 9. The van der Waals surface area contributed by atoms with Crippen molar-refractivity contribution in [1.29, 1.82) is 0 Å². The molecule has 13 heteroatoms. The topological polar surface area (TPSA) is 164 Å². The number of ether oxygens (including phenoxy) is 2. The quantitative estimate of drug-likeness (QED) is 0.168. The van der Waals surface area contributed by atoms with Gasteiger partial charge >= 0.3 is 18.0 Å². The Balaban J connectivity index is 2.31. The zero-order valence-corrected chi connectivity index (χ0v) is 31.3. The Hall–Kier alpha value is -4.00. The van der Waals surface area contributed by atoms with Gasteiger partial charge in [0, 0.05) is 37.9 Å². The maximum absolute atomic E-state index is 13.9. The highest BCUT2D eigenvalue weighted by atomic mass is 32.1. The molecular weight excluding hydrogens is 648 g/mol. The number of aromatic nitrogens is 1. The minimum atomic E-state index is -0.952. The summed E-state index contributed by atoms with van der Waals surface area (Å²) in [4.78, 5) is 70.0. The van der Waals surface area contributed by atoms with Crippen LogP contribution >= 0.6 is 11.3 Å². The van der Waals surface area contributed by atoms with E-state index in [1.807, 2.05) is 58.0 Å². The second-order valence-electron chi connectivity index (χ2n) is 14.0. The van der Waals surface area contributed by atoms with Gasteiger partial charge in [-0.2, -0.15) is 0 Å². The molecule has 6 unspecified atom stereocenters. The van der Waals surface area contributed by atoms with Gasteiger partial charge in [0.1, 0.15) is 22.3 Å². The number of carboxylic acid groups (broad SMARTS) is 1. The van der Waals surface area contributed by atoms with Crippen LogP contribution in [0, 0.1) is 17.8 Å². The summed E-state index contributed by atoms with van der Waals surface area (Å²) in [5, 5.41) is 17.2. The van der Waals surface area contributed by atoms with Gasteiger partial charge < -0.3 is 30.1 Å². The van der Waals surface area contributed by atoms with E-state index < -0.39 is 59.7 Å². The number of carbonyl (C=O) groups is 5. The molecule has 3 N–H and O–H groups in total. The molecule has 272 valence electrons. The number of alkyl carbamates (subject to hydrolysis) is 1. The summed E-state index contributed by atoms with van der Waals surface area (Å²) in [6.07, 6.45) is -0.0577. The van der Waals surface area contributed by atoms with E-state index in [0.29, 0.717) is 17.8 Å². The van der Waals surface area contributed by atoms with E-state index in [9.17, 15) is 29.1 Å². The van der Waals surface area contributed by atoms with Crippen molar-refractivity contribution in [3.05, 3.63) is 52.0 Å². The minimum absolute atomic E-state index is 0.0798. The predicted octanol–water partition coefficient (Wildman–Crippen LogP) is 6.01. The maximum atomic E-state index is 13.9. The summed E-state index contributed by atoms with van der Waals surface area (Å²) in [5.74, 6) is -3.23. The van der Waals surface area contributed by atoms with Crippen molar-refractivity contribution < 1.29 is 38.6 Å². The molecule has 0 aliphatic carbocycles. The van der Waals surface area contributed by atoms with Crippen LogP contribution in [0.4, 0.5) is 4.79 Å². The fourth-order valence-corrected chi connectivity index (χ4v) is 6.25. The van der Waals surface area contributed by atoms with Gasteiger partial charge in [0.15, 0.2) is 6.10 Å². The van der Waals surface area contributed by atoms with Crippen molar-refractivity contribution in [2.45, 2.75) is 118 Å². The number of hydrogen-bond donors (Lipinski definition) is 3. The third-order valence-corrected chi connectivity index (χ3v) is 9.22. The molecule has 0 spiro atoms. The van der Waals surface area contributed by atoms with Crippen molar-refractivity contribution in [1.82, 2.24) is 20.5 Å². The molecule has 3 amide bonds. The fraction of sp³-hybridized carbons (Fsp3) is 0.611. The largest absolute Gasteiger partial charge is 0.481 e. The van der Waals surface area contributed by atoms with Gasteiger partial charge in [-0.1, -0.05) is 71.4 Å². The number of amides is 3. The van der Waals surface area contributed by atoms with E-state index in [1.165, 1.54) is 6.92 Å². The van der Waals surface area contributed by atoms with Gasteiger partial charge in [0.25, 0.3) is 5.91 Å². The first-order valence-corrected chi connectivity index (χ1v) is 17.7. The second-order valence-corrected chi connectivity index (χ2v) is 14.9. The number of benzene rings is 1. The highest BCUT2D eigenvalue weighted by molar-refractivity contribution is 7.09. The monoisotopic (exact) mass is 702 g/mol. The molecule has 0 radical (unpaired) electrons. The molecule has 6 atom stereocenters. The van der Waals surface area contributed by atoms with Gasteiger partial charge in [-0.3, -0.25) is 19.2 Å². The number of esters is 1. The molecule has 0 saturated heterocycles. The van der Waals surface area contributed by atoms with Gasteiger partial charge in [-0.15, -0.1) is 11.3 Å². The van der Waals surface area contributed by atoms with Gasteiger partial charge in [0.05, 0.1) is 5.92 Å². The maximum Gasteiger partial charge on any atom is 0.408 e. The molecule has 0 fully saturated rings. The Morgan fingerprint density at radius 1 is 1.00 bits per heavy atom. The van der Waals surface area contributed by atoms with Crippen LogP contribution in [-0.4, -0.2) is 75.6 Å². The molecule has 0 saturated carbocycles. The van der Waals surface area contributed by atoms with Crippen LogP contribution in [0.25, 0.3) is 0 Å². The molecule has 2 aromatic rings. The summed E-state index contributed by atoms with van der Waals surface area (Å²) in [5.41, 5.74) is 0.330. The van der Waals surface area contributed by atoms with Crippen LogP contribution in [0.2, 0.25) is 0 Å². The Morgan fingerprint density at radius 2 is 1.63 bits per heavy atom. The fourth-order valence-electron chi connectivity index (χ4n) is 5.42. The van der Waals surface area contributed by atoms with Crippen LogP contribution < -0.4 is 10.6 Å². The van der Waals surface area contributed by atoms with Crippen LogP contribution in [0.1, 0.15) is 109 Å². The van der Waals surface area contributed by atoms with Crippen molar-refractivity contribution >= 4 is 41.2 Å². The molecule has 1 heterocycles. The summed E-state index contributed by atoms with van der Waals surface area (Å²) in [7, 11) is 1.66. The van der Waals surface area contributed by atoms with Crippen molar-refractivity contribution in [3.8, 4) is 0 Å². The number of aliphatic carboxylic acids is 1. The van der Waals surface area contributed by atoms with E-state index in [1.54, 1.807) is 45.0 Å². The highest BCUT2D eigenvalue weighted by Crippen LogP contribution is 2.31. The lowest BCUT2D eigenvalue weighted by atomic mass is 9.93. The van der Waals surface area contributed by atoms with E-state index in [0.717, 1.165) is 16.9 Å². The molecule has 12 nitrogen and oxygen atoms in total. The summed E-state index contributed by atoms with van der Waals surface area (Å²) in [6, 6.07) is 7.74. The third kappa shape index (κ3) is 13.4. The first kappa shape index (κ1) is 41.2. The number of carboxylic acids is 1. The molecule has 0 aliphatic heterocycles. The third-order valence-electron chi connectivity index (χ3n) is 8.28. The van der Waals surface area contributed by atoms with Crippen LogP contribution in [0.3, 0.4) is 0 Å². The summed E-state index contributed by atoms with van der Waals surface area (Å²) >= 11 is 1.16. The zero-order valence-electron chi connectivity index (χ0n) is 30.4. The average Bonchev–Trinajstić information content (AvgIpc) is 3.50. The van der Waals surface area contributed by atoms with E-state index in [4.69, 9.17) is 9.47 Å². The lowest BCUT2D eigenvalue weighted by molar-refractivity contribution is -0.149. The predicted molar refractivity (Wildman–Crippen MR) is 188 cm³/mol. The highest BCUT2D eigenvalue weighted by Gasteiger charge is 2.36. The number of thiazole rings is 1. The van der Waals surface area contributed by atoms with Gasteiger partial charge in [0.2, 0.25) is 5.91 Å². The van der Waals surface area contributed by atoms with E-state index in [-0.39, 0.29) is 36.3 Å². The lowest BCUT2D eigenvalue weighted by Crippen LogP contribution is -2.55. The number of carbonyl (C=O) groups excluding carboxylic acids is 4. The molecular formula is C36H54N4O8S. The second kappa shape index (κ2) is 18.7. The van der Waals surface area contributed by atoms with Crippen molar-refractivity contribution in [3.63, 3.8) is 0 Å². The van der Waals surface area contributed by atoms with E-state index >= 15 is 0 Å². The van der Waals surface area contributed by atoms with Crippen LogP contribution in [-0.2, 0) is 30.3 Å². The normalized spacial score (nSPS) is 15.2. The zero-order chi connectivity index (χ0) is 37.1. The molecule has 2 rings (SSSR count). The number of nitrogens with one attached hydrogen (secondary N) is 2. The molecule has 49 heavy (non-hydrogen) atoms. The summed E-state index contributed by atoms with van der Waals surface area (Å²) in [6.45, 7) is 15.9. The number of likely N-dealkylation sites (N-methyl/N-ethyl adjacent to an activating group) is 1. The van der Waals surface area contributed by atoms with Crippen molar-refractivity contribution in [2.24, 2.45) is 17.8 Å². The first-order valence-electron chi connectivity index (χ1n) is 16.8. The molecule has 0 bridgehead atoms. The van der Waals surface area contributed by atoms with Gasteiger partial charge in [-0.25, -0.2) is 9.78 Å². The minimum Gasteiger partial charge on any atom is -0.481 e. The Kier molecular flexibility index (Phi) is 15.7. The molecule has 1 aromatic heterocycles. The van der Waals surface area contributed by atoms with E-state index in [2.05, 4.69) is 15.6 Å². The SMILES string of the molecule is CCC(C)C(NC(=O)OC(C)(C)C)C(=O)N(C)C(CC(OC(C)=O)c1nc(C(=O)NC(Cc2ccccc2)CC(C)C(=O)O)cs1)C(C)C. The van der Waals surface area contributed by atoms with Crippen LogP contribution in [0.5, 0.6) is 0 Å². The van der Waals surface area contributed by atoms with Crippen LogP contribution in [0.15, 0.2) is 35.7 Å². The Labute approximate surface area is 294 Å². The van der Waals surface area contributed by atoms with Gasteiger partial charge in [-0.05, 0) is 51.0 Å². The average molecular weight is 703 g/mol. The molecule has 1 aromatic carbocycles.